The van der Waals surface area contributed by atoms with Crippen LogP contribution in [0.15, 0.2) is 12.3 Å². The molecule has 98 valence electrons. The summed E-state index contributed by atoms with van der Waals surface area (Å²) in [7, 11) is -3.20. The molecule has 0 N–H and O–H groups in total. The summed E-state index contributed by atoms with van der Waals surface area (Å²) in [5.74, 6) is -0.153. The number of rotatable bonds is 5. The maximum Gasteiger partial charge on any atom is 0.435 e. The number of sulfone groups is 1. The fourth-order valence-electron chi connectivity index (χ4n) is 1.28. The van der Waals surface area contributed by atoms with E-state index in [1.54, 1.807) is 6.92 Å². The van der Waals surface area contributed by atoms with Crippen molar-refractivity contribution in [2.45, 2.75) is 26.1 Å². The van der Waals surface area contributed by atoms with Gasteiger partial charge in [-0.25, -0.2) is 8.42 Å². The predicted molar refractivity (Wildman–Crippen MR) is 56.2 cm³/mol. The average Bonchev–Trinajstić information content (AvgIpc) is 2.62. The minimum absolute atomic E-state index is 0.0421. The fourth-order valence-corrected chi connectivity index (χ4v) is 2.57. The molecular weight excluding hydrogens is 257 g/mol. The zero-order valence-electron chi connectivity index (χ0n) is 9.24. The van der Waals surface area contributed by atoms with E-state index in [0.717, 1.165) is 16.9 Å². The molecule has 0 aromatic carbocycles. The van der Waals surface area contributed by atoms with Crippen molar-refractivity contribution in [1.82, 2.24) is 9.78 Å². The number of aromatic nitrogens is 2. The van der Waals surface area contributed by atoms with E-state index in [1.165, 1.54) is 0 Å². The summed E-state index contributed by atoms with van der Waals surface area (Å²) in [5.41, 5.74) is -1.01. The maximum atomic E-state index is 12.2. The van der Waals surface area contributed by atoms with Crippen LogP contribution >= 0.6 is 0 Å². The fraction of sp³-hybridized carbons (Fsp3) is 0.667. The number of nitrogens with zero attached hydrogens (tertiary/aromatic N) is 2. The second kappa shape index (κ2) is 5.07. The number of hydrogen-bond acceptors (Lipinski definition) is 3. The van der Waals surface area contributed by atoms with E-state index in [9.17, 15) is 21.6 Å². The second-order valence-electron chi connectivity index (χ2n) is 3.61. The third-order valence-electron chi connectivity index (χ3n) is 2.08. The number of halogens is 3. The molecule has 0 spiro atoms. The third-order valence-corrected chi connectivity index (χ3v) is 3.91. The Bertz CT molecular complexity index is 465. The van der Waals surface area contributed by atoms with Crippen LogP contribution in [-0.2, 0) is 22.6 Å². The highest BCUT2D eigenvalue weighted by molar-refractivity contribution is 7.91. The van der Waals surface area contributed by atoms with Crippen molar-refractivity contribution in [3.05, 3.63) is 18.0 Å². The normalized spacial score (nSPS) is 12.9. The lowest BCUT2D eigenvalue weighted by molar-refractivity contribution is -0.141. The van der Waals surface area contributed by atoms with E-state index < -0.39 is 21.7 Å². The lowest BCUT2D eigenvalue weighted by Gasteiger charge is -2.04. The van der Waals surface area contributed by atoms with Crippen LogP contribution in [0.1, 0.15) is 19.0 Å². The Labute approximate surface area is 97.4 Å². The SMILES string of the molecule is CCCS(=O)(=O)CCn1ccc(C(F)(F)F)n1. The monoisotopic (exact) mass is 270 g/mol. The molecule has 0 radical (unpaired) electrons. The number of aryl methyl sites for hydroxylation is 1. The molecule has 1 heterocycles. The van der Waals surface area contributed by atoms with Gasteiger partial charge >= 0.3 is 6.18 Å². The van der Waals surface area contributed by atoms with Crippen molar-refractivity contribution in [2.75, 3.05) is 11.5 Å². The molecule has 0 amide bonds. The van der Waals surface area contributed by atoms with E-state index >= 15 is 0 Å². The van der Waals surface area contributed by atoms with Crippen molar-refractivity contribution in [3.63, 3.8) is 0 Å². The van der Waals surface area contributed by atoms with E-state index in [-0.39, 0.29) is 18.1 Å². The Morgan fingerprint density at radius 3 is 2.47 bits per heavy atom. The molecule has 0 fully saturated rings. The molecule has 8 heteroatoms. The molecule has 0 atom stereocenters. The van der Waals surface area contributed by atoms with Crippen LogP contribution in [0.5, 0.6) is 0 Å². The van der Waals surface area contributed by atoms with E-state index in [0.29, 0.717) is 6.42 Å². The van der Waals surface area contributed by atoms with Gasteiger partial charge in [-0.15, -0.1) is 0 Å². The summed E-state index contributed by atoms with van der Waals surface area (Å²) in [6.45, 7) is 1.67. The maximum absolute atomic E-state index is 12.2. The van der Waals surface area contributed by atoms with Gasteiger partial charge in [-0.1, -0.05) is 6.92 Å². The van der Waals surface area contributed by atoms with E-state index in [4.69, 9.17) is 0 Å². The smallest absolute Gasteiger partial charge is 0.271 e. The van der Waals surface area contributed by atoms with Gasteiger partial charge < -0.3 is 0 Å². The predicted octanol–water partition coefficient (Wildman–Crippen LogP) is 1.73. The highest BCUT2D eigenvalue weighted by Gasteiger charge is 2.33. The quantitative estimate of drug-likeness (QED) is 0.818. The van der Waals surface area contributed by atoms with Crippen LogP contribution in [-0.4, -0.2) is 29.7 Å². The summed E-state index contributed by atoms with van der Waals surface area (Å²) in [6, 6.07) is 0.826. The zero-order valence-corrected chi connectivity index (χ0v) is 10.1. The van der Waals surface area contributed by atoms with Gasteiger partial charge in [-0.05, 0) is 12.5 Å². The second-order valence-corrected chi connectivity index (χ2v) is 5.92. The van der Waals surface area contributed by atoms with Gasteiger partial charge in [0.15, 0.2) is 15.5 Å². The Kier molecular flexibility index (Phi) is 4.18. The lowest BCUT2D eigenvalue weighted by atomic mass is 10.4. The molecule has 0 aliphatic rings. The molecule has 1 rings (SSSR count). The van der Waals surface area contributed by atoms with Crippen molar-refractivity contribution in [3.8, 4) is 0 Å². The van der Waals surface area contributed by atoms with Gasteiger partial charge in [-0.3, -0.25) is 4.68 Å². The van der Waals surface area contributed by atoms with Gasteiger partial charge in [0, 0.05) is 11.9 Å². The lowest BCUT2D eigenvalue weighted by Crippen LogP contribution is -2.16. The van der Waals surface area contributed by atoms with E-state index in [1.807, 2.05) is 0 Å². The standard InChI is InChI=1S/C9H13F3N2O2S/c1-2-6-17(15,16)7-5-14-4-3-8(13-14)9(10,11)12/h3-4H,2,5-7H2,1H3. The molecule has 1 aromatic heterocycles. The summed E-state index contributed by atoms with van der Waals surface area (Å²) in [4.78, 5) is 0. The van der Waals surface area contributed by atoms with Gasteiger partial charge in [0.25, 0.3) is 0 Å². The zero-order chi connectivity index (χ0) is 13.1. The Balaban J connectivity index is 2.63. The Morgan fingerprint density at radius 2 is 2.00 bits per heavy atom. The van der Waals surface area contributed by atoms with Gasteiger partial charge in [0.2, 0.25) is 0 Å². The minimum atomic E-state index is -4.49. The molecule has 0 aliphatic carbocycles. The van der Waals surface area contributed by atoms with Crippen LogP contribution in [0.25, 0.3) is 0 Å². The van der Waals surface area contributed by atoms with Crippen LogP contribution in [0.2, 0.25) is 0 Å². The third kappa shape index (κ3) is 4.37. The molecule has 1 aromatic rings. The molecule has 0 unspecified atom stereocenters. The molecule has 0 aliphatic heterocycles. The first-order valence-electron chi connectivity index (χ1n) is 5.05. The van der Waals surface area contributed by atoms with Crippen LogP contribution in [0, 0.1) is 0 Å². The van der Waals surface area contributed by atoms with Crippen molar-refractivity contribution in [2.24, 2.45) is 0 Å². The van der Waals surface area contributed by atoms with Gasteiger partial charge in [0.05, 0.1) is 12.3 Å². The first kappa shape index (κ1) is 14.0. The van der Waals surface area contributed by atoms with Crippen LogP contribution < -0.4 is 0 Å². The minimum Gasteiger partial charge on any atom is -0.271 e. The summed E-state index contributed by atoms with van der Waals surface area (Å²) in [6.07, 6.45) is -2.87. The highest BCUT2D eigenvalue weighted by Crippen LogP contribution is 2.27. The molecule has 0 bridgehead atoms. The van der Waals surface area contributed by atoms with Crippen LogP contribution in [0.4, 0.5) is 13.2 Å². The highest BCUT2D eigenvalue weighted by atomic mass is 32.2. The number of hydrogen-bond donors (Lipinski definition) is 0. The van der Waals surface area contributed by atoms with Crippen molar-refractivity contribution in [1.29, 1.82) is 0 Å². The largest absolute Gasteiger partial charge is 0.435 e. The molecular formula is C9H13F3N2O2S. The van der Waals surface area contributed by atoms with E-state index in [2.05, 4.69) is 5.10 Å². The summed E-state index contributed by atoms with van der Waals surface area (Å²) < 4.78 is 60.3. The Morgan fingerprint density at radius 1 is 1.35 bits per heavy atom. The first-order valence-corrected chi connectivity index (χ1v) is 6.88. The van der Waals surface area contributed by atoms with Crippen molar-refractivity contribution >= 4 is 9.84 Å². The van der Waals surface area contributed by atoms with Crippen LogP contribution in [0.3, 0.4) is 0 Å². The van der Waals surface area contributed by atoms with Gasteiger partial charge in [-0.2, -0.15) is 18.3 Å². The van der Waals surface area contributed by atoms with Crippen molar-refractivity contribution < 1.29 is 21.6 Å². The first-order chi connectivity index (χ1) is 7.74. The Hall–Kier alpha value is -1.05. The number of alkyl halides is 3. The summed E-state index contributed by atoms with van der Waals surface area (Å²) >= 11 is 0. The summed E-state index contributed by atoms with van der Waals surface area (Å²) in [5, 5.41) is 3.27. The molecule has 0 saturated heterocycles. The molecule has 17 heavy (non-hydrogen) atoms. The molecule has 4 nitrogen and oxygen atoms in total. The van der Waals surface area contributed by atoms with Gasteiger partial charge in [0.1, 0.15) is 0 Å². The molecule has 0 saturated carbocycles. The topological polar surface area (TPSA) is 52.0 Å². The average molecular weight is 270 g/mol.